The van der Waals surface area contributed by atoms with Crippen LogP contribution in [0, 0.1) is 12.8 Å². The molecule has 1 rings (SSSR count). The number of hydrogen-bond acceptors (Lipinski definition) is 4. The second-order valence-electron chi connectivity index (χ2n) is 4.61. The van der Waals surface area contributed by atoms with Crippen LogP contribution in [0.15, 0.2) is 23.4 Å². The molecule has 0 aliphatic carbocycles. The van der Waals surface area contributed by atoms with Gasteiger partial charge in [0, 0.05) is 25.1 Å². The molecule has 0 aromatic heterocycles. The van der Waals surface area contributed by atoms with Gasteiger partial charge in [0.1, 0.15) is 11.6 Å². The second kappa shape index (κ2) is 6.08. The Morgan fingerprint density at radius 2 is 2.16 bits per heavy atom. The van der Waals surface area contributed by atoms with Crippen molar-refractivity contribution in [2.75, 3.05) is 13.6 Å². The van der Waals surface area contributed by atoms with E-state index in [4.69, 9.17) is 10.9 Å². The summed E-state index contributed by atoms with van der Waals surface area (Å²) >= 11 is 0. The van der Waals surface area contributed by atoms with Crippen LogP contribution in [0.2, 0.25) is 0 Å². The van der Waals surface area contributed by atoms with Gasteiger partial charge in [0.05, 0.1) is 0 Å². The smallest absolute Gasteiger partial charge is 0.253 e. The Morgan fingerprint density at radius 1 is 1.53 bits per heavy atom. The van der Waals surface area contributed by atoms with Crippen LogP contribution in [0.1, 0.15) is 22.8 Å². The molecule has 0 saturated carbocycles. The van der Waals surface area contributed by atoms with Crippen LogP contribution in [0.25, 0.3) is 0 Å². The molecule has 0 aliphatic rings. The largest absolute Gasteiger partial charge is 0.508 e. The Hall–Kier alpha value is -2.24. The number of nitrogens with two attached hydrogens (primary N) is 1. The predicted octanol–water partition coefficient (Wildman–Crippen LogP) is 1.16. The fraction of sp³-hybridized carbons (Fsp3) is 0.385. The maximum absolute atomic E-state index is 12.1. The van der Waals surface area contributed by atoms with Gasteiger partial charge in [-0.05, 0) is 24.6 Å². The molecule has 19 heavy (non-hydrogen) atoms. The van der Waals surface area contributed by atoms with Gasteiger partial charge in [0.25, 0.3) is 5.91 Å². The molecule has 0 aliphatic heterocycles. The standard InChI is InChI=1S/C13H19N3O3/c1-8-4-5-10(6-11(8)17)13(18)16(3)7-9(2)12(14)15-19/h4-6,9,17,19H,7H2,1-3H3,(H2,14,15). The van der Waals surface area contributed by atoms with Gasteiger partial charge >= 0.3 is 0 Å². The number of carbonyl (C=O) groups excluding carboxylic acids is 1. The van der Waals surface area contributed by atoms with E-state index in [0.717, 1.165) is 0 Å². The highest BCUT2D eigenvalue weighted by Crippen LogP contribution is 2.18. The van der Waals surface area contributed by atoms with Crippen LogP contribution in [0.3, 0.4) is 0 Å². The minimum atomic E-state index is -0.252. The average molecular weight is 265 g/mol. The van der Waals surface area contributed by atoms with Gasteiger partial charge in [0.15, 0.2) is 0 Å². The fourth-order valence-electron chi connectivity index (χ4n) is 1.65. The molecular weight excluding hydrogens is 246 g/mol. The first-order valence-electron chi connectivity index (χ1n) is 5.89. The van der Waals surface area contributed by atoms with Crippen LogP contribution in [0.5, 0.6) is 5.75 Å². The molecule has 0 saturated heterocycles. The van der Waals surface area contributed by atoms with E-state index in [1.165, 1.54) is 11.0 Å². The Bertz CT molecular complexity index is 500. The Kier molecular flexibility index (Phi) is 4.74. The SMILES string of the molecule is Cc1ccc(C(=O)N(C)CC(C)/C(N)=N/O)cc1O. The van der Waals surface area contributed by atoms with Gasteiger partial charge in [-0.2, -0.15) is 0 Å². The summed E-state index contributed by atoms with van der Waals surface area (Å²) in [6.45, 7) is 3.84. The van der Waals surface area contributed by atoms with Crippen molar-refractivity contribution in [3.63, 3.8) is 0 Å². The lowest BCUT2D eigenvalue weighted by Gasteiger charge is -2.21. The number of carbonyl (C=O) groups is 1. The first-order chi connectivity index (χ1) is 8.86. The van der Waals surface area contributed by atoms with Crippen molar-refractivity contribution in [2.24, 2.45) is 16.8 Å². The number of phenols is 1. The third-order valence-corrected chi connectivity index (χ3v) is 2.97. The highest BCUT2D eigenvalue weighted by molar-refractivity contribution is 5.95. The second-order valence-corrected chi connectivity index (χ2v) is 4.61. The number of benzene rings is 1. The molecular formula is C13H19N3O3. The van der Waals surface area contributed by atoms with Crippen molar-refractivity contribution in [2.45, 2.75) is 13.8 Å². The third kappa shape index (κ3) is 3.61. The van der Waals surface area contributed by atoms with Crippen LogP contribution in [-0.2, 0) is 0 Å². The maximum Gasteiger partial charge on any atom is 0.253 e. The Morgan fingerprint density at radius 3 is 2.68 bits per heavy atom. The van der Waals surface area contributed by atoms with E-state index in [1.807, 2.05) is 0 Å². The molecule has 0 heterocycles. The van der Waals surface area contributed by atoms with Crippen molar-refractivity contribution < 1.29 is 15.1 Å². The molecule has 1 atom stereocenters. The predicted molar refractivity (Wildman–Crippen MR) is 72.4 cm³/mol. The van der Waals surface area contributed by atoms with Crippen LogP contribution >= 0.6 is 0 Å². The summed E-state index contributed by atoms with van der Waals surface area (Å²) in [7, 11) is 1.63. The lowest BCUT2D eigenvalue weighted by Crippen LogP contribution is -2.36. The number of amidine groups is 1. The quantitative estimate of drug-likeness (QED) is 0.329. The number of phenolic OH excluding ortho intramolecular Hbond substituents is 1. The molecule has 1 aromatic rings. The van der Waals surface area contributed by atoms with Crippen LogP contribution < -0.4 is 5.73 Å². The normalized spacial score (nSPS) is 13.1. The van der Waals surface area contributed by atoms with Gasteiger partial charge in [-0.3, -0.25) is 4.79 Å². The number of aromatic hydroxyl groups is 1. The van der Waals surface area contributed by atoms with Crippen molar-refractivity contribution >= 4 is 11.7 Å². The topological polar surface area (TPSA) is 99.2 Å². The van der Waals surface area contributed by atoms with Crippen LogP contribution in [0.4, 0.5) is 0 Å². The monoisotopic (exact) mass is 265 g/mol. The molecule has 4 N–H and O–H groups in total. The number of aryl methyl sites for hydroxylation is 1. The van der Waals surface area contributed by atoms with E-state index in [1.54, 1.807) is 33.0 Å². The third-order valence-electron chi connectivity index (χ3n) is 2.97. The first-order valence-corrected chi connectivity index (χ1v) is 5.89. The zero-order chi connectivity index (χ0) is 14.6. The summed E-state index contributed by atoms with van der Waals surface area (Å²) in [6, 6.07) is 4.77. The summed E-state index contributed by atoms with van der Waals surface area (Å²) in [5, 5.41) is 21.1. The molecule has 0 fully saturated rings. The van der Waals surface area contributed by atoms with E-state index in [9.17, 15) is 9.90 Å². The molecule has 0 spiro atoms. The highest BCUT2D eigenvalue weighted by atomic mass is 16.4. The molecule has 6 nitrogen and oxygen atoms in total. The van der Waals surface area contributed by atoms with Crippen molar-refractivity contribution in [3.05, 3.63) is 29.3 Å². The van der Waals surface area contributed by atoms with Gasteiger partial charge in [-0.15, -0.1) is 0 Å². The van der Waals surface area contributed by atoms with Gasteiger partial charge in [-0.25, -0.2) is 0 Å². The van der Waals surface area contributed by atoms with E-state index in [-0.39, 0.29) is 23.4 Å². The van der Waals surface area contributed by atoms with Crippen molar-refractivity contribution in [3.8, 4) is 5.75 Å². The lowest BCUT2D eigenvalue weighted by atomic mass is 10.1. The molecule has 6 heteroatoms. The number of amides is 1. The number of rotatable bonds is 4. The fourth-order valence-corrected chi connectivity index (χ4v) is 1.65. The van der Waals surface area contributed by atoms with Gasteiger partial charge in [-0.1, -0.05) is 18.1 Å². The summed E-state index contributed by atoms with van der Waals surface area (Å²) in [5.74, 6) is -0.318. The Labute approximate surface area is 112 Å². The highest BCUT2D eigenvalue weighted by Gasteiger charge is 2.17. The molecule has 1 unspecified atom stereocenters. The summed E-state index contributed by atoms with van der Waals surface area (Å²) in [4.78, 5) is 13.6. The average Bonchev–Trinajstić information content (AvgIpc) is 2.39. The number of oxime groups is 1. The lowest BCUT2D eigenvalue weighted by molar-refractivity contribution is 0.0785. The molecule has 1 aromatic carbocycles. The van der Waals surface area contributed by atoms with E-state index in [0.29, 0.717) is 17.7 Å². The molecule has 104 valence electrons. The molecule has 1 amide bonds. The van der Waals surface area contributed by atoms with E-state index >= 15 is 0 Å². The summed E-state index contributed by atoms with van der Waals surface area (Å²) in [5.41, 5.74) is 6.58. The molecule has 0 radical (unpaired) electrons. The van der Waals surface area contributed by atoms with Gasteiger partial charge < -0.3 is 20.9 Å². The maximum atomic E-state index is 12.1. The minimum absolute atomic E-state index is 0.0754. The zero-order valence-corrected chi connectivity index (χ0v) is 11.3. The number of nitrogens with zero attached hydrogens (tertiary/aromatic N) is 2. The van der Waals surface area contributed by atoms with E-state index in [2.05, 4.69) is 5.16 Å². The van der Waals surface area contributed by atoms with Gasteiger partial charge in [0.2, 0.25) is 0 Å². The summed E-state index contributed by atoms with van der Waals surface area (Å²) in [6.07, 6.45) is 0. The van der Waals surface area contributed by atoms with E-state index < -0.39 is 0 Å². The van der Waals surface area contributed by atoms with Crippen molar-refractivity contribution in [1.29, 1.82) is 0 Å². The first kappa shape index (κ1) is 14.8. The Balaban J connectivity index is 2.79. The zero-order valence-electron chi connectivity index (χ0n) is 11.3. The number of hydrogen-bond donors (Lipinski definition) is 3. The summed E-state index contributed by atoms with van der Waals surface area (Å²) < 4.78 is 0. The van der Waals surface area contributed by atoms with Crippen molar-refractivity contribution in [1.82, 2.24) is 4.90 Å². The minimum Gasteiger partial charge on any atom is -0.508 e. The van der Waals surface area contributed by atoms with Crippen LogP contribution in [-0.4, -0.2) is 40.5 Å². The molecule has 0 bridgehead atoms.